The highest BCUT2D eigenvalue weighted by Gasteiger charge is 2.59. The minimum Gasteiger partial charge on any atom is -0.342 e. The van der Waals surface area contributed by atoms with Gasteiger partial charge in [0.05, 0.1) is 5.41 Å². The van der Waals surface area contributed by atoms with Gasteiger partial charge in [-0.15, -0.1) is 0 Å². The van der Waals surface area contributed by atoms with Crippen LogP contribution in [0.15, 0.2) is 18.2 Å². The quantitative estimate of drug-likeness (QED) is 0.768. The average Bonchev–Trinajstić information content (AvgIpc) is 3.37. The van der Waals surface area contributed by atoms with Gasteiger partial charge in [-0.3, -0.25) is 14.4 Å². The van der Waals surface area contributed by atoms with Gasteiger partial charge in [0.15, 0.2) is 11.6 Å². The molecule has 0 aliphatic carbocycles. The van der Waals surface area contributed by atoms with Crippen molar-refractivity contribution in [2.45, 2.75) is 19.8 Å². The molecular weight excluding hydrogens is 368 g/mol. The lowest BCUT2D eigenvalue weighted by atomic mass is 9.79. The van der Waals surface area contributed by atoms with Crippen molar-refractivity contribution in [3.8, 4) is 0 Å². The van der Waals surface area contributed by atoms with Gasteiger partial charge in [0.25, 0.3) is 5.91 Å². The molecule has 0 spiro atoms. The maximum atomic E-state index is 13.6. The Morgan fingerprint density at radius 2 is 1.61 bits per heavy atom. The molecule has 1 aromatic rings. The first-order valence-electron chi connectivity index (χ1n) is 9.61. The molecule has 0 bridgehead atoms. The molecule has 0 aromatic heterocycles. The van der Waals surface area contributed by atoms with Gasteiger partial charge in [0.1, 0.15) is 0 Å². The van der Waals surface area contributed by atoms with Crippen LogP contribution in [0, 0.1) is 23.0 Å². The van der Waals surface area contributed by atoms with Crippen molar-refractivity contribution >= 4 is 17.7 Å². The monoisotopic (exact) mass is 391 g/mol. The smallest absolute Gasteiger partial charge is 0.254 e. The summed E-state index contributed by atoms with van der Waals surface area (Å²) in [6, 6.07) is 3.08. The van der Waals surface area contributed by atoms with Gasteiger partial charge in [-0.05, 0) is 31.0 Å². The van der Waals surface area contributed by atoms with Gasteiger partial charge in [0, 0.05) is 57.7 Å². The van der Waals surface area contributed by atoms with Crippen LogP contribution in [0.3, 0.4) is 0 Å². The van der Waals surface area contributed by atoms with Crippen molar-refractivity contribution in [1.82, 2.24) is 14.7 Å². The van der Waals surface area contributed by atoms with E-state index in [0.717, 1.165) is 25.0 Å². The van der Waals surface area contributed by atoms with Crippen LogP contribution in [-0.2, 0) is 9.59 Å². The Balaban J connectivity index is 1.60. The van der Waals surface area contributed by atoms with E-state index in [4.69, 9.17) is 0 Å². The third-order valence-corrected chi connectivity index (χ3v) is 6.33. The van der Waals surface area contributed by atoms with E-state index in [0.29, 0.717) is 32.7 Å². The van der Waals surface area contributed by atoms with Crippen LogP contribution in [0.2, 0.25) is 0 Å². The SMILES string of the molecule is CC(=O)N1C[C@H]2CN(C(=O)c3ccc(F)c(F)c3)C[C@@]2(C(=O)N2CCCC2)C1. The van der Waals surface area contributed by atoms with Crippen molar-refractivity contribution in [1.29, 1.82) is 0 Å². The van der Waals surface area contributed by atoms with Crippen molar-refractivity contribution in [2.75, 3.05) is 39.3 Å². The molecule has 3 heterocycles. The zero-order chi connectivity index (χ0) is 20.1. The van der Waals surface area contributed by atoms with Gasteiger partial charge in [-0.1, -0.05) is 0 Å². The topological polar surface area (TPSA) is 60.9 Å². The first-order chi connectivity index (χ1) is 13.3. The Bertz CT molecular complexity index is 840. The fourth-order valence-electron chi connectivity index (χ4n) is 4.81. The zero-order valence-electron chi connectivity index (χ0n) is 15.8. The largest absolute Gasteiger partial charge is 0.342 e. The second-order valence-corrected chi connectivity index (χ2v) is 8.07. The van der Waals surface area contributed by atoms with E-state index in [1.807, 2.05) is 4.90 Å². The maximum absolute atomic E-state index is 13.6. The highest BCUT2D eigenvalue weighted by Crippen LogP contribution is 2.45. The third kappa shape index (κ3) is 2.95. The van der Waals surface area contributed by atoms with Gasteiger partial charge in [0.2, 0.25) is 11.8 Å². The summed E-state index contributed by atoms with van der Waals surface area (Å²) >= 11 is 0. The predicted molar refractivity (Wildman–Crippen MR) is 96.3 cm³/mol. The van der Waals surface area contributed by atoms with E-state index in [1.54, 1.807) is 9.80 Å². The Hall–Kier alpha value is -2.51. The van der Waals surface area contributed by atoms with Crippen LogP contribution in [-0.4, -0.2) is 71.7 Å². The molecule has 1 aromatic carbocycles. The van der Waals surface area contributed by atoms with E-state index in [2.05, 4.69) is 0 Å². The summed E-state index contributed by atoms with van der Waals surface area (Å²) < 4.78 is 26.8. The van der Waals surface area contributed by atoms with Crippen LogP contribution in [0.4, 0.5) is 8.78 Å². The Morgan fingerprint density at radius 3 is 2.25 bits per heavy atom. The molecule has 0 radical (unpaired) electrons. The molecule has 4 rings (SSSR count). The molecule has 6 nitrogen and oxygen atoms in total. The normalized spacial score (nSPS) is 26.7. The molecular formula is C20H23F2N3O3. The standard InChI is InChI=1S/C20H23F2N3O3/c1-13(26)24-9-15-10-25(18(27)14-4-5-16(21)17(22)8-14)12-20(15,11-24)19(28)23-6-2-3-7-23/h4-5,8,15H,2-3,6-7,9-12H2,1H3/t15-,20-/m0/s1. The van der Waals surface area contributed by atoms with Crippen molar-refractivity contribution in [3.63, 3.8) is 0 Å². The molecule has 150 valence electrons. The third-order valence-electron chi connectivity index (χ3n) is 6.33. The fourth-order valence-corrected chi connectivity index (χ4v) is 4.81. The Kier molecular flexibility index (Phi) is 4.59. The number of carbonyl (C=O) groups is 3. The number of likely N-dealkylation sites (tertiary alicyclic amines) is 3. The highest BCUT2D eigenvalue weighted by atomic mass is 19.2. The molecule has 3 aliphatic rings. The molecule has 8 heteroatoms. The molecule has 2 atom stereocenters. The lowest BCUT2D eigenvalue weighted by Crippen LogP contribution is -2.49. The summed E-state index contributed by atoms with van der Waals surface area (Å²) in [4.78, 5) is 43.2. The fraction of sp³-hybridized carbons (Fsp3) is 0.550. The second kappa shape index (κ2) is 6.83. The second-order valence-electron chi connectivity index (χ2n) is 8.07. The minimum absolute atomic E-state index is 0.000614. The molecule has 0 N–H and O–H groups in total. The number of benzene rings is 1. The van der Waals surface area contributed by atoms with Crippen LogP contribution in [0.1, 0.15) is 30.1 Å². The van der Waals surface area contributed by atoms with Crippen LogP contribution in [0.5, 0.6) is 0 Å². The van der Waals surface area contributed by atoms with E-state index >= 15 is 0 Å². The molecule has 0 saturated carbocycles. The Morgan fingerprint density at radius 1 is 0.964 bits per heavy atom. The number of hydrogen-bond acceptors (Lipinski definition) is 3. The van der Waals surface area contributed by atoms with E-state index in [1.165, 1.54) is 13.0 Å². The number of hydrogen-bond donors (Lipinski definition) is 0. The van der Waals surface area contributed by atoms with Crippen molar-refractivity contribution < 1.29 is 23.2 Å². The van der Waals surface area contributed by atoms with Crippen LogP contribution >= 0.6 is 0 Å². The minimum atomic E-state index is -1.07. The first kappa shape index (κ1) is 18.8. The van der Waals surface area contributed by atoms with Crippen LogP contribution < -0.4 is 0 Å². The van der Waals surface area contributed by atoms with Gasteiger partial charge < -0.3 is 14.7 Å². The van der Waals surface area contributed by atoms with E-state index in [9.17, 15) is 23.2 Å². The van der Waals surface area contributed by atoms with Crippen LogP contribution in [0.25, 0.3) is 0 Å². The zero-order valence-corrected chi connectivity index (χ0v) is 15.8. The average molecular weight is 391 g/mol. The van der Waals surface area contributed by atoms with Gasteiger partial charge in [-0.25, -0.2) is 8.78 Å². The lowest BCUT2D eigenvalue weighted by molar-refractivity contribution is -0.141. The number of halogens is 2. The summed E-state index contributed by atoms with van der Waals surface area (Å²) in [7, 11) is 0. The number of carbonyl (C=O) groups excluding carboxylic acids is 3. The number of nitrogens with zero attached hydrogens (tertiary/aromatic N) is 3. The summed E-state index contributed by atoms with van der Waals surface area (Å²) in [6.07, 6.45) is 1.92. The number of rotatable bonds is 2. The number of fused-ring (bicyclic) bond motifs is 1. The maximum Gasteiger partial charge on any atom is 0.254 e. The van der Waals surface area contributed by atoms with Gasteiger partial charge >= 0.3 is 0 Å². The van der Waals surface area contributed by atoms with Gasteiger partial charge in [-0.2, -0.15) is 0 Å². The molecule has 3 saturated heterocycles. The summed E-state index contributed by atoms with van der Waals surface area (Å²) in [5.74, 6) is -2.74. The summed E-state index contributed by atoms with van der Waals surface area (Å²) in [5, 5.41) is 0. The predicted octanol–water partition coefficient (Wildman–Crippen LogP) is 1.51. The summed E-state index contributed by atoms with van der Waals surface area (Å²) in [5.41, 5.74) is -0.754. The molecule has 28 heavy (non-hydrogen) atoms. The summed E-state index contributed by atoms with van der Waals surface area (Å²) in [6.45, 7) is 4.12. The Labute approximate surface area is 162 Å². The van der Waals surface area contributed by atoms with Crippen molar-refractivity contribution in [3.05, 3.63) is 35.4 Å². The molecule has 0 unspecified atom stereocenters. The first-order valence-corrected chi connectivity index (χ1v) is 9.61. The lowest BCUT2D eigenvalue weighted by Gasteiger charge is -2.32. The highest BCUT2D eigenvalue weighted by molar-refractivity contribution is 5.96. The molecule has 3 aliphatic heterocycles. The molecule has 3 amide bonds. The van der Waals surface area contributed by atoms with E-state index < -0.39 is 23.0 Å². The van der Waals surface area contributed by atoms with Crippen molar-refractivity contribution in [2.24, 2.45) is 11.3 Å². The number of amides is 3. The molecule has 3 fully saturated rings. The van der Waals surface area contributed by atoms with E-state index in [-0.39, 0.29) is 29.8 Å².